The summed E-state index contributed by atoms with van der Waals surface area (Å²) in [6, 6.07) is 5.14. The SMILES string of the molecule is O=C(Cc1ccc(=O)[nH]c1)N1CCN(c2ncnc3ccsc23)CC1. The van der Waals surface area contributed by atoms with Crippen LogP contribution in [0.4, 0.5) is 5.82 Å². The van der Waals surface area contributed by atoms with Crippen LogP contribution in [-0.4, -0.2) is 51.9 Å². The molecular formula is C17H17N5O2S. The highest BCUT2D eigenvalue weighted by molar-refractivity contribution is 7.17. The minimum absolute atomic E-state index is 0.0793. The number of H-pyrrole nitrogens is 1. The van der Waals surface area contributed by atoms with E-state index in [0.29, 0.717) is 19.5 Å². The fraction of sp³-hybridized carbons (Fsp3) is 0.294. The fourth-order valence-electron chi connectivity index (χ4n) is 3.01. The normalized spacial score (nSPS) is 14.9. The standard InChI is InChI=1S/C17H17N5O2S/c23-14-2-1-12(10-18-14)9-15(24)21-4-6-22(7-5-21)17-16-13(3-8-25-16)19-11-20-17/h1-3,8,10-11H,4-7,9H2,(H,18,23). The number of hydrogen-bond donors (Lipinski definition) is 1. The van der Waals surface area contributed by atoms with Crippen molar-refractivity contribution in [3.8, 4) is 0 Å². The van der Waals surface area contributed by atoms with Crippen molar-refractivity contribution in [2.45, 2.75) is 6.42 Å². The first kappa shape index (κ1) is 15.8. The van der Waals surface area contributed by atoms with Crippen LogP contribution in [0.2, 0.25) is 0 Å². The average Bonchev–Trinajstić information content (AvgIpc) is 3.12. The van der Waals surface area contributed by atoms with Gasteiger partial charge in [-0.05, 0) is 17.0 Å². The highest BCUT2D eigenvalue weighted by Gasteiger charge is 2.23. The molecule has 0 bridgehead atoms. The molecule has 1 saturated heterocycles. The van der Waals surface area contributed by atoms with Gasteiger partial charge in [-0.1, -0.05) is 6.07 Å². The molecule has 1 aliphatic rings. The number of aromatic nitrogens is 3. The molecule has 128 valence electrons. The van der Waals surface area contributed by atoms with E-state index in [9.17, 15) is 9.59 Å². The van der Waals surface area contributed by atoms with Gasteiger partial charge in [0.15, 0.2) is 0 Å². The van der Waals surface area contributed by atoms with Crippen molar-refractivity contribution in [3.63, 3.8) is 0 Å². The summed E-state index contributed by atoms with van der Waals surface area (Å²) in [5.41, 5.74) is 1.63. The van der Waals surface area contributed by atoms with Crippen LogP contribution in [0.15, 0.2) is 40.9 Å². The number of thiophene rings is 1. The van der Waals surface area contributed by atoms with Crippen LogP contribution < -0.4 is 10.5 Å². The molecule has 1 N–H and O–H groups in total. The van der Waals surface area contributed by atoms with Crippen molar-refractivity contribution in [1.82, 2.24) is 19.9 Å². The molecule has 8 heteroatoms. The highest BCUT2D eigenvalue weighted by atomic mass is 32.1. The Balaban J connectivity index is 1.41. The summed E-state index contributed by atoms with van der Waals surface area (Å²) in [4.78, 5) is 38.9. The number of anilines is 1. The quantitative estimate of drug-likeness (QED) is 0.765. The lowest BCUT2D eigenvalue weighted by Gasteiger charge is -2.35. The topological polar surface area (TPSA) is 82.2 Å². The van der Waals surface area contributed by atoms with Crippen LogP contribution in [0.1, 0.15) is 5.56 Å². The summed E-state index contributed by atoms with van der Waals surface area (Å²) in [6.07, 6.45) is 3.50. The molecule has 0 aromatic carbocycles. The molecule has 0 aliphatic carbocycles. The van der Waals surface area contributed by atoms with Gasteiger partial charge in [0.25, 0.3) is 0 Å². The maximum Gasteiger partial charge on any atom is 0.247 e. The van der Waals surface area contributed by atoms with E-state index in [4.69, 9.17) is 0 Å². The fourth-order valence-corrected chi connectivity index (χ4v) is 3.87. The Morgan fingerprint density at radius 1 is 1.16 bits per heavy atom. The van der Waals surface area contributed by atoms with Gasteiger partial charge in [0.05, 0.1) is 16.6 Å². The monoisotopic (exact) mass is 355 g/mol. The molecule has 1 fully saturated rings. The number of piperazine rings is 1. The van der Waals surface area contributed by atoms with Crippen LogP contribution in [0, 0.1) is 0 Å². The Morgan fingerprint density at radius 2 is 2.00 bits per heavy atom. The van der Waals surface area contributed by atoms with E-state index < -0.39 is 0 Å². The van der Waals surface area contributed by atoms with Crippen molar-refractivity contribution >= 4 is 33.3 Å². The lowest BCUT2D eigenvalue weighted by Crippen LogP contribution is -2.49. The first-order valence-electron chi connectivity index (χ1n) is 8.09. The largest absolute Gasteiger partial charge is 0.352 e. The molecule has 0 saturated carbocycles. The maximum atomic E-state index is 12.5. The molecule has 0 unspecified atom stereocenters. The molecule has 0 spiro atoms. The number of amides is 1. The summed E-state index contributed by atoms with van der Waals surface area (Å²) >= 11 is 1.64. The van der Waals surface area contributed by atoms with E-state index in [1.165, 1.54) is 6.07 Å². The molecule has 0 radical (unpaired) electrons. The van der Waals surface area contributed by atoms with Gasteiger partial charge in [-0.3, -0.25) is 9.59 Å². The second-order valence-electron chi connectivity index (χ2n) is 5.94. The van der Waals surface area contributed by atoms with Crippen molar-refractivity contribution in [2.24, 2.45) is 0 Å². The van der Waals surface area contributed by atoms with E-state index in [1.54, 1.807) is 29.9 Å². The van der Waals surface area contributed by atoms with Crippen molar-refractivity contribution in [1.29, 1.82) is 0 Å². The van der Waals surface area contributed by atoms with E-state index in [0.717, 1.165) is 34.7 Å². The first-order chi connectivity index (χ1) is 12.2. The number of carbonyl (C=O) groups excluding carboxylic acids is 1. The summed E-state index contributed by atoms with van der Waals surface area (Å²) < 4.78 is 1.09. The summed E-state index contributed by atoms with van der Waals surface area (Å²) in [5.74, 6) is 1.03. The third-order valence-electron chi connectivity index (χ3n) is 4.36. The number of pyridine rings is 1. The number of nitrogens with one attached hydrogen (secondary N) is 1. The Morgan fingerprint density at radius 3 is 2.76 bits per heavy atom. The Labute approximate surface area is 147 Å². The Hall–Kier alpha value is -2.74. The number of carbonyl (C=O) groups is 1. The number of aromatic amines is 1. The molecular weight excluding hydrogens is 338 g/mol. The van der Waals surface area contributed by atoms with Gasteiger partial charge >= 0.3 is 0 Å². The lowest BCUT2D eigenvalue weighted by atomic mass is 10.2. The molecule has 1 aliphatic heterocycles. The minimum atomic E-state index is -0.158. The Kier molecular flexibility index (Phi) is 4.19. The molecule has 3 aromatic heterocycles. The first-order valence-corrected chi connectivity index (χ1v) is 8.97. The van der Waals surface area contributed by atoms with Crippen LogP contribution in [0.3, 0.4) is 0 Å². The number of fused-ring (bicyclic) bond motifs is 1. The number of nitrogens with zero attached hydrogens (tertiary/aromatic N) is 4. The Bertz CT molecular complexity index is 938. The van der Waals surface area contributed by atoms with Gasteiger partial charge in [-0.2, -0.15) is 0 Å². The van der Waals surface area contributed by atoms with Crippen LogP contribution in [-0.2, 0) is 11.2 Å². The second-order valence-corrected chi connectivity index (χ2v) is 6.85. The predicted molar refractivity (Wildman–Crippen MR) is 97.0 cm³/mol. The molecule has 4 heterocycles. The van der Waals surface area contributed by atoms with Gasteiger partial charge in [0.2, 0.25) is 11.5 Å². The molecule has 4 rings (SSSR count). The minimum Gasteiger partial charge on any atom is -0.352 e. The number of hydrogen-bond acceptors (Lipinski definition) is 6. The van der Waals surface area contributed by atoms with E-state index in [2.05, 4.69) is 19.9 Å². The molecule has 1 amide bonds. The molecule has 25 heavy (non-hydrogen) atoms. The third kappa shape index (κ3) is 3.25. The van der Waals surface area contributed by atoms with Crippen molar-refractivity contribution in [3.05, 3.63) is 52.0 Å². The average molecular weight is 355 g/mol. The summed E-state index contributed by atoms with van der Waals surface area (Å²) in [7, 11) is 0. The smallest absolute Gasteiger partial charge is 0.247 e. The van der Waals surface area contributed by atoms with Crippen LogP contribution in [0.25, 0.3) is 10.2 Å². The van der Waals surface area contributed by atoms with E-state index in [1.807, 2.05) is 16.3 Å². The lowest BCUT2D eigenvalue weighted by molar-refractivity contribution is -0.130. The van der Waals surface area contributed by atoms with E-state index >= 15 is 0 Å². The third-order valence-corrected chi connectivity index (χ3v) is 5.26. The zero-order chi connectivity index (χ0) is 17.2. The molecule has 0 atom stereocenters. The van der Waals surface area contributed by atoms with Crippen molar-refractivity contribution in [2.75, 3.05) is 31.1 Å². The van der Waals surface area contributed by atoms with E-state index in [-0.39, 0.29) is 11.5 Å². The van der Waals surface area contributed by atoms with Gasteiger partial charge in [0.1, 0.15) is 12.1 Å². The van der Waals surface area contributed by atoms with Gasteiger partial charge in [-0.25, -0.2) is 9.97 Å². The second kappa shape index (κ2) is 6.64. The highest BCUT2D eigenvalue weighted by Crippen LogP contribution is 2.28. The summed E-state index contributed by atoms with van der Waals surface area (Å²) in [6.45, 7) is 2.83. The zero-order valence-electron chi connectivity index (χ0n) is 13.5. The van der Waals surface area contributed by atoms with Crippen molar-refractivity contribution < 1.29 is 4.79 Å². The molecule has 7 nitrogen and oxygen atoms in total. The maximum absolute atomic E-state index is 12.5. The van der Waals surface area contributed by atoms with Crippen LogP contribution in [0.5, 0.6) is 0 Å². The number of rotatable bonds is 3. The predicted octanol–water partition coefficient (Wildman–Crippen LogP) is 1.27. The van der Waals surface area contributed by atoms with Gasteiger partial charge in [0, 0.05) is 38.4 Å². The molecule has 3 aromatic rings. The van der Waals surface area contributed by atoms with Gasteiger partial charge in [-0.15, -0.1) is 11.3 Å². The van der Waals surface area contributed by atoms with Gasteiger partial charge < -0.3 is 14.8 Å². The zero-order valence-corrected chi connectivity index (χ0v) is 14.3. The van der Waals surface area contributed by atoms with Crippen LogP contribution >= 0.6 is 11.3 Å². The summed E-state index contributed by atoms with van der Waals surface area (Å²) in [5, 5.41) is 2.02.